The fourth-order valence-electron chi connectivity index (χ4n) is 2.78. The van der Waals surface area contributed by atoms with Gasteiger partial charge in [0.15, 0.2) is 0 Å². The molecule has 0 bridgehead atoms. The summed E-state index contributed by atoms with van der Waals surface area (Å²) in [6.07, 6.45) is 4.14. The van der Waals surface area contributed by atoms with Gasteiger partial charge in [0.2, 0.25) is 0 Å². The van der Waals surface area contributed by atoms with Gasteiger partial charge in [-0.3, -0.25) is 9.00 Å². The molecule has 0 aliphatic heterocycles. The standard InChI is InChI=1S/C22H27FO3S/c1-3-4-5-8-15-26-22(24)16-27(25)17(2)18-11-13-19(14-12-18)20-9-6-7-10-21(20)23/h6-7,9-14,17H,3-5,8,15-16H2,1-2H3. The van der Waals surface area contributed by atoms with Crippen molar-refractivity contribution in [3.05, 3.63) is 59.9 Å². The third kappa shape index (κ3) is 6.58. The molecule has 0 N–H and O–H groups in total. The maximum atomic E-state index is 13.9. The van der Waals surface area contributed by atoms with E-state index in [1.54, 1.807) is 18.2 Å². The van der Waals surface area contributed by atoms with Crippen molar-refractivity contribution in [3.63, 3.8) is 0 Å². The average molecular weight is 391 g/mol. The molecule has 0 spiro atoms. The maximum absolute atomic E-state index is 13.9. The number of hydrogen-bond acceptors (Lipinski definition) is 3. The molecule has 0 amide bonds. The van der Waals surface area contributed by atoms with Crippen LogP contribution in [0.3, 0.4) is 0 Å². The van der Waals surface area contributed by atoms with Gasteiger partial charge in [-0.2, -0.15) is 0 Å². The van der Waals surface area contributed by atoms with Crippen LogP contribution >= 0.6 is 0 Å². The summed E-state index contributed by atoms with van der Waals surface area (Å²) >= 11 is 0. The molecule has 0 heterocycles. The van der Waals surface area contributed by atoms with Crippen LogP contribution < -0.4 is 0 Å². The summed E-state index contributed by atoms with van der Waals surface area (Å²) in [5.74, 6) is -0.799. The van der Waals surface area contributed by atoms with Crippen LogP contribution in [0.5, 0.6) is 0 Å². The molecule has 0 aliphatic carbocycles. The van der Waals surface area contributed by atoms with Crippen LogP contribution in [0.15, 0.2) is 48.5 Å². The highest BCUT2D eigenvalue weighted by atomic mass is 32.2. The lowest BCUT2D eigenvalue weighted by atomic mass is 10.0. The van der Waals surface area contributed by atoms with Crippen molar-refractivity contribution in [2.24, 2.45) is 0 Å². The van der Waals surface area contributed by atoms with E-state index in [0.29, 0.717) is 12.2 Å². The Labute approximate surface area is 163 Å². The Morgan fingerprint density at radius 3 is 2.44 bits per heavy atom. The van der Waals surface area contributed by atoms with Crippen molar-refractivity contribution >= 4 is 16.8 Å². The first-order valence-electron chi connectivity index (χ1n) is 9.40. The Kier molecular flexibility index (Phi) is 8.65. The number of unbranched alkanes of at least 4 members (excludes halogenated alkanes) is 3. The lowest BCUT2D eigenvalue weighted by Gasteiger charge is -2.13. The Bertz CT molecular complexity index is 758. The fourth-order valence-corrected chi connectivity index (χ4v) is 3.80. The normalized spacial score (nSPS) is 13.1. The smallest absolute Gasteiger partial charge is 0.318 e. The molecular weight excluding hydrogens is 363 g/mol. The van der Waals surface area contributed by atoms with Gasteiger partial charge in [0.1, 0.15) is 11.6 Å². The SMILES string of the molecule is CCCCCCOC(=O)CS(=O)C(C)c1ccc(-c2ccccc2F)cc1. The number of ether oxygens (including phenoxy) is 1. The molecule has 2 atom stereocenters. The highest BCUT2D eigenvalue weighted by Crippen LogP contribution is 2.26. The lowest BCUT2D eigenvalue weighted by Crippen LogP contribution is -2.18. The summed E-state index contributed by atoms with van der Waals surface area (Å²) in [6, 6.07) is 13.9. The number of carbonyl (C=O) groups is 1. The average Bonchev–Trinajstić information content (AvgIpc) is 2.68. The molecule has 5 heteroatoms. The fraction of sp³-hybridized carbons (Fsp3) is 0.409. The van der Waals surface area contributed by atoms with Crippen molar-refractivity contribution in [2.75, 3.05) is 12.4 Å². The van der Waals surface area contributed by atoms with E-state index in [1.807, 2.05) is 31.2 Å². The molecule has 2 aromatic carbocycles. The van der Waals surface area contributed by atoms with Crippen LogP contribution in [0.1, 0.15) is 50.3 Å². The Morgan fingerprint density at radius 1 is 1.07 bits per heavy atom. The van der Waals surface area contributed by atoms with E-state index in [1.165, 1.54) is 6.07 Å². The van der Waals surface area contributed by atoms with E-state index in [4.69, 9.17) is 4.74 Å². The number of benzene rings is 2. The van der Waals surface area contributed by atoms with Gasteiger partial charge in [0.25, 0.3) is 0 Å². The first-order chi connectivity index (χ1) is 13.0. The molecule has 146 valence electrons. The monoisotopic (exact) mass is 390 g/mol. The Hall–Kier alpha value is -2.01. The van der Waals surface area contributed by atoms with E-state index >= 15 is 0 Å². The number of halogens is 1. The second-order valence-corrected chi connectivity index (χ2v) is 8.31. The van der Waals surface area contributed by atoms with Gasteiger partial charge in [-0.1, -0.05) is 68.7 Å². The largest absolute Gasteiger partial charge is 0.465 e. The predicted octanol–water partition coefficient (Wildman–Crippen LogP) is 5.43. The summed E-state index contributed by atoms with van der Waals surface area (Å²) in [5.41, 5.74) is 2.15. The van der Waals surface area contributed by atoms with Crippen LogP contribution in [0.2, 0.25) is 0 Å². The van der Waals surface area contributed by atoms with Crippen LogP contribution in [-0.4, -0.2) is 22.5 Å². The molecule has 0 saturated heterocycles. The second kappa shape index (κ2) is 11.0. The molecule has 0 aliphatic rings. The van der Waals surface area contributed by atoms with Crippen molar-refractivity contribution in [2.45, 2.75) is 44.8 Å². The van der Waals surface area contributed by atoms with E-state index in [2.05, 4.69) is 6.92 Å². The highest BCUT2D eigenvalue weighted by Gasteiger charge is 2.18. The minimum atomic E-state index is -1.36. The van der Waals surface area contributed by atoms with Gasteiger partial charge in [0.05, 0.1) is 11.9 Å². The number of hydrogen-bond donors (Lipinski definition) is 0. The summed E-state index contributed by atoms with van der Waals surface area (Å²) in [4.78, 5) is 11.8. The zero-order valence-corrected chi connectivity index (χ0v) is 16.8. The molecule has 0 fully saturated rings. The molecule has 0 saturated carbocycles. The topological polar surface area (TPSA) is 43.4 Å². The molecule has 27 heavy (non-hydrogen) atoms. The summed E-state index contributed by atoms with van der Waals surface area (Å²) in [5, 5.41) is -0.299. The van der Waals surface area contributed by atoms with E-state index < -0.39 is 16.8 Å². The minimum absolute atomic E-state index is 0.107. The third-order valence-corrected chi connectivity index (χ3v) is 6.06. The molecule has 2 unspecified atom stereocenters. The maximum Gasteiger partial charge on any atom is 0.318 e. The van der Waals surface area contributed by atoms with Crippen LogP contribution in [-0.2, 0) is 20.3 Å². The molecule has 0 radical (unpaired) electrons. The minimum Gasteiger partial charge on any atom is -0.465 e. The van der Waals surface area contributed by atoms with E-state index in [9.17, 15) is 13.4 Å². The second-order valence-electron chi connectivity index (χ2n) is 6.55. The van der Waals surface area contributed by atoms with Gasteiger partial charge < -0.3 is 4.74 Å². The summed E-state index contributed by atoms with van der Waals surface area (Å²) in [6.45, 7) is 4.34. The van der Waals surface area contributed by atoms with Crippen molar-refractivity contribution < 1.29 is 18.1 Å². The third-order valence-electron chi connectivity index (χ3n) is 4.48. The number of rotatable bonds is 10. The molecule has 2 aromatic rings. The van der Waals surface area contributed by atoms with Gasteiger partial charge in [0, 0.05) is 16.4 Å². The van der Waals surface area contributed by atoms with Gasteiger partial charge >= 0.3 is 5.97 Å². The summed E-state index contributed by atoms with van der Waals surface area (Å²) < 4.78 is 31.5. The first-order valence-corrected chi connectivity index (χ1v) is 10.8. The van der Waals surface area contributed by atoms with Crippen molar-refractivity contribution in [1.29, 1.82) is 0 Å². The zero-order valence-electron chi connectivity index (χ0n) is 15.9. The Morgan fingerprint density at radius 2 is 1.78 bits per heavy atom. The van der Waals surface area contributed by atoms with Gasteiger partial charge in [-0.25, -0.2) is 4.39 Å². The van der Waals surface area contributed by atoms with Gasteiger partial charge in [-0.15, -0.1) is 0 Å². The Balaban J connectivity index is 1.89. The van der Waals surface area contributed by atoms with Gasteiger partial charge in [-0.05, 0) is 30.5 Å². The van der Waals surface area contributed by atoms with E-state index in [0.717, 1.165) is 36.8 Å². The number of esters is 1. The van der Waals surface area contributed by atoms with Crippen molar-refractivity contribution in [3.8, 4) is 11.1 Å². The molecule has 3 nitrogen and oxygen atoms in total. The molecular formula is C22H27FO3S. The van der Waals surface area contributed by atoms with Crippen LogP contribution in [0.25, 0.3) is 11.1 Å². The van der Waals surface area contributed by atoms with Crippen LogP contribution in [0.4, 0.5) is 4.39 Å². The highest BCUT2D eigenvalue weighted by molar-refractivity contribution is 7.85. The quantitative estimate of drug-likeness (QED) is 0.401. The van der Waals surface area contributed by atoms with Crippen molar-refractivity contribution in [1.82, 2.24) is 0 Å². The summed E-state index contributed by atoms with van der Waals surface area (Å²) in [7, 11) is -1.36. The molecule has 2 rings (SSSR count). The lowest BCUT2D eigenvalue weighted by molar-refractivity contribution is -0.140. The zero-order chi connectivity index (χ0) is 19.6. The van der Waals surface area contributed by atoms with E-state index in [-0.39, 0.29) is 16.8 Å². The van der Waals surface area contributed by atoms with Crippen LogP contribution in [0, 0.1) is 5.82 Å². The molecule has 0 aromatic heterocycles. The predicted molar refractivity (Wildman–Crippen MR) is 108 cm³/mol. The first kappa shape index (κ1) is 21.3. The number of carbonyl (C=O) groups excluding carboxylic acids is 1.